The molecule has 2 aromatic rings. The maximum atomic E-state index is 10.8. The van der Waals surface area contributed by atoms with Crippen molar-refractivity contribution in [2.45, 2.75) is 52.1 Å². The maximum Gasteiger partial charge on any atom is 0.113 e. The van der Waals surface area contributed by atoms with Crippen LogP contribution < -0.4 is 0 Å². The van der Waals surface area contributed by atoms with Gasteiger partial charge in [-0.2, -0.15) is 0 Å². The summed E-state index contributed by atoms with van der Waals surface area (Å²) in [6.45, 7) is 4.00. The molecule has 3 rings (SSSR count). The minimum absolute atomic E-state index is 0.530. The van der Waals surface area contributed by atoms with Crippen LogP contribution in [0.5, 0.6) is 0 Å². The van der Waals surface area contributed by atoms with Crippen LogP contribution >= 0.6 is 22.9 Å². The lowest BCUT2D eigenvalue weighted by Gasteiger charge is -2.14. The average Bonchev–Trinajstić information content (AvgIpc) is 2.73. The summed E-state index contributed by atoms with van der Waals surface area (Å²) in [5, 5.41) is 11.5. The van der Waals surface area contributed by atoms with E-state index in [1.807, 2.05) is 26.0 Å². The summed E-state index contributed by atoms with van der Waals surface area (Å²) in [7, 11) is 0. The molecule has 0 amide bonds. The van der Waals surface area contributed by atoms with E-state index < -0.39 is 6.10 Å². The van der Waals surface area contributed by atoms with E-state index in [0.717, 1.165) is 33.0 Å². The molecule has 1 heterocycles. The Balaban J connectivity index is 1.95. The van der Waals surface area contributed by atoms with E-state index in [2.05, 4.69) is 6.07 Å². The second kappa shape index (κ2) is 6.12. The molecule has 1 nitrogen and oxygen atoms in total. The summed E-state index contributed by atoms with van der Waals surface area (Å²) >= 11 is 7.95. The summed E-state index contributed by atoms with van der Waals surface area (Å²) in [4.78, 5) is 2.55. The molecule has 0 bridgehead atoms. The Morgan fingerprint density at radius 3 is 2.62 bits per heavy atom. The number of rotatable bonds is 2. The van der Waals surface area contributed by atoms with Crippen molar-refractivity contribution in [1.29, 1.82) is 0 Å². The first-order valence-electron chi connectivity index (χ1n) is 7.62. The monoisotopic (exact) mass is 320 g/mol. The third-order valence-corrected chi connectivity index (χ3v) is 6.07. The zero-order valence-corrected chi connectivity index (χ0v) is 14.2. The molecule has 112 valence electrons. The van der Waals surface area contributed by atoms with Crippen molar-refractivity contribution in [1.82, 2.24) is 0 Å². The standard InChI is InChI=1S/C18H21ClOS/c1-11-9-15(19)12(2)8-14(11)18(20)17-10-13-6-4-3-5-7-16(13)21-17/h8-10,18,20H,3-7H2,1-2H3. The number of fused-ring (bicyclic) bond motifs is 1. The fraction of sp³-hybridized carbons (Fsp3) is 0.444. The van der Waals surface area contributed by atoms with Crippen molar-refractivity contribution in [2.24, 2.45) is 0 Å². The molecular weight excluding hydrogens is 300 g/mol. The number of thiophene rings is 1. The van der Waals surface area contributed by atoms with Gasteiger partial charge in [0.25, 0.3) is 0 Å². The van der Waals surface area contributed by atoms with Crippen LogP contribution in [0.25, 0.3) is 0 Å². The predicted octanol–water partition coefficient (Wildman–Crippen LogP) is 5.37. The number of aliphatic hydroxyl groups excluding tert-OH is 1. The maximum absolute atomic E-state index is 10.8. The normalized spacial score (nSPS) is 16.4. The van der Waals surface area contributed by atoms with Gasteiger partial charge in [0.05, 0.1) is 0 Å². The molecule has 0 fully saturated rings. The molecule has 3 heteroatoms. The topological polar surface area (TPSA) is 20.2 Å². The summed E-state index contributed by atoms with van der Waals surface area (Å²) in [5.74, 6) is 0. The van der Waals surface area contributed by atoms with Crippen LogP contribution in [-0.4, -0.2) is 5.11 Å². The number of hydrogen-bond donors (Lipinski definition) is 1. The number of benzene rings is 1. The molecule has 1 unspecified atom stereocenters. The Labute approximate surface area is 135 Å². The van der Waals surface area contributed by atoms with Gasteiger partial charge in [0.2, 0.25) is 0 Å². The first-order valence-corrected chi connectivity index (χ1v) is 8.82. The van der Waals surface area contributed by atoms with E-state index in [1.165, 1.54) is 36.1 Å². The van der Waals surface area contributed by atoms with Crippen LogP contribution in [-0.2, 0) is 12.8 Å². The van der Waals surface area contributed by atoms with Crippen molar-refractivity contribution in [3.05, 3.63) is 55.2 Å². The molecule has 0 saturated carbocycles. The van der Waals surface area contributed by atoms with Gasteiger partial charge in [-0.25, -0.2) is 0 Å². The SMILES string of the molecule is Cc1cc(C(O)c2cc3c(s2)CCCCC3)c(C)cc1Cl. The summed E-state index contributed by atoms with van der Waals surface area (Å²) in [6, 6.07) is 6.20. The lowest BCUT2D eigenvalue weighted by Crippen LogP contribution is -2.01. The van der Waals surface area contributed by atoms with Crippen molar-refractivity contribution >= 4 is 22.9 Å². The molecular formula is C18H21ClOS. The van der Waals surface area contributed by atoms with Crippen LogP contribution in [0.2, 0.25) is 5.02 Å². The van der Waals surface area contributed by atoms with Crippen LogP contribution in [0.15, 0.2) is 18.2 Å². The van der Waals surface area contributed by atoms with Gasteiger partial charge >= 0.3 is 0 Å². The summed E-state index contributed by atoms with van der Waals surface area (Å²) in [6.07, 6.45) is 5.69. The second-order valence-corrected chi connectivity index (χ2v) is 7.59. The van der Waals surface area contributed by atoms with Gasteiger partial charge in [0.15, 0.2) is 0 Å². The van der Waals surface area contributed by atoms with Gasteiger partial charge in [-0.15, -0.1) is 11.3 Å². The number of aliphatic hydroxyl groups is 1. The highest BCUT2D eigenvalue weighted by molar-refractivity contribution is 7.12. The number of hydrogen-bond acceptors (Lipinski definition) is 2. The molecule has 1 aromatic heterocycles. The van der Waals surface area contributed by atoms with Crippen molar-refractivity contribution in [3.63, 3.8) is 0 Å². The third-order valence-electron chi connectivity index (χ3n) is 4.38. The Hall–Kier alpha value is -0.830. The Morgan fingerprint density at radius 2 is 1.81 bits per heavy atom. The van der Waals surface area contributed by atoms with Crippen LogP contribution in [0.1, 0.15) is 57.4 Å². The predicted molar refractivity (Wildman–Crippen MR) is 90.6 cm³/mol. The number of aryl methyl sites for hydroxylation is 4. The zero-order chi connectivity index (χ0) is 15.0. The van der Waals surface area contributed by atoms with Gasteiger partial charge < -0.3 is 5.11 Å². The molecule has 1 atom stereocenters. The fourth-order valence-corrected chi connectivity index (χ4v) is 4.56. The van der Waals surface area contributed by atoms with Gasteiger partial charge in [-0.05, 0) is 73.9 Å². The van der Waals surface area contributed by atoms with Crippen LogP contribution in [0, 0.1) is 13.8 Å². The fourth-order valence-electron chi connectivity index (χ4n) is 3.08. The van der Waals surface area contributed by atoms with E-state index >= 15 is 0 Å². The van der Waals surface area contributed by atoms with E-state index in [4.69, 9.17) is 11.6 Å². The molecule has 1 aliphatic rings. The highest BCUT2D eigenvalue weighted by Gasteiger charge is 2.20. The molecule has 0 aliphatic heterocycles. The highest BCUT2D eigenvalue weighted by Crippen LogP contribution is 2.36. The molecule has 1 N–H and O–H groups in total. The average molecular weight is 321 g/mol. The Kier molecular flexibility index (Phi) is 4.39. The Bertz CT molecular complexity index is 636. The summed E-state index contributed by atoms with van der Waals surface area (Å²) in [5.41, 5.74) is 4.51. The molecule has 0 radical (unpaired) electrons. The largest absolute Gasteiger partial charge is 0.383 e. The first-order chi connectivity index (χ1) is 10.1. The van der Waals surface area contributed by atoms with Crippen molar-refractivity contribution < 1.29 is 5.11 Å². The molecule has 21 heavy (non-hydrogen) atoms. The number of halogens is 1. The third kappa shape index (κ3) is 3.03. The van der Waals surface area contributed by atoms with Gasteiger partial charge in [0, 0.05) is 14.8 Å². The van der Waals surface area contributed by atoms with E-state index in [-0.39, 0.29) is 0 Å². The Morgan fingerprint density at radius 1 is 1.05 bits per heavy atom. The second-order valence-electron chi connectivity index (χ2n) is 6.02. The summed E-state index contributed by atoms with van der Waals surface area (Å²) < 4.78 is 0. The van der Waals surface area contributed by atoms with Crippen LogP contribution in [0.3, 0.4) is 0 Å². The molecule has 0 saturated heterocycles. The van der Waals surface area contributed by atoms with E-state index in [9.17, 15) is 5.11 Å². The lowest BCUT2D eigenvalue weighted by molar-refractivity contribution is 0.223. The van der Waals surface area contributed by atoms with Gasteiger partial charge in [-0.1, -0.05) is 24.1 Å². The van der Waals surface area contributed by atoms with Crippen molar-refractivity contribution in [3.8, 4) is 0 Å². The zero-order valence-electron chi connectivity index (χ0n) is 12.6. The van der Waals surface area contributed by atoms with E-state index in [0.29, 0.717) is 0 Å². The van der Waals surface area contributed by atoms with Crippen molar-refractivity contribution in [2.75, 3.05) is 0 Å². The van der Waals surface area contributed by atoms with Gasteiger partial charge in [0.1, 0.15) is 6.10 Å². The highest BCUT2D eigenvalue weighted by atomic mass is 35.5. The smallest absolute Gasteiger partial charge is 0.113 e. The van der Waals surface area contributed by atoms with Gasteiger partial charge in [-0.3, -0.25) is 0 Å². The quantitative estimate of drug-likeness (QED) is 0.738. The molecule has 1 aliphatic carbocycles. The minimum atomic E-state index is -0.530. The molecule has 0 spiro atoms. The molecule has 1 aromatic carbocycles. The minimum Gasteiger partial charge on any atom is -0.383 e. The first kappa shape index (κ1) is 15.1. The van der Waals surface area contributed by atoms with E-state index in [1.54, 1.807) is 11.3 Å². The lowest BCUT2D eigenvalue weighted by atomic mass is 9.99. The van der Waals surface area contributed by atoms with Crippen LogP contribution in [0.4, 0.5) is 0 Å².